The van der Waals surface area contributed by atoms with Gasteiger partial charge in [-0.25, -0.2) is 0 Å². The van der Waals surface area contributed by atoms with Crippen LogP contribution in [0.4, 0.5) is 0 Å². The first-order chi connectivity index (χ1) is 2.73. The molecular formula is Cl3Nd2OPr2. The van der Waals surface area contributed by atoms with Crippen molar-refractivity contribution < 1.29 is 152 Å². The van der Waals surface area contributed by atoms with Crippen molar-refractivity contribution >= 4 is 17.1 Å². The normalized spacial score (nSPS) is 3.75. The van der Waals surface area contributed by atoms with Crippen LogP contribution >= 0.6 is 17.1 Å². The van der Waals surface area contributed by atoms with Gasteiger partial charge >= 0.3 is 87.4 Å². The summed E-state index contributed by atoms with van der Waals surface area (Å²) in [5.41, 5.74) is 15.1. The summed E-state index contributed by atoms with van der Waals surface area (Å²) in [7, 11) is 0. The Morgan fingerprint density at radius 1 is 1.12 bits per heavy atom. The van der Waals surface area contributed by atoms with E-state index in [1.165, 1.54) is 0 Å². The van der Waals surface area contributed by atoms with Crippen LogP contribution in [-0.2, 0) is 1.05 Å². The molecule has 41 valence electrons. The molecule has 0 aromatic heterocycles. The first kappa shape index (κ1) is 23.7. The Labute approximate surface area is 163 Å². The molecule has 1 radical (unpaired) electrons. The minimum Gasteiger partial charge on any atom is 0 e. The fourth-order valence-electron chi connectivity index (χ4n) is 0. The van der Waals surface area contributed by atoms with Gasteiger partial charge in [-0.1, -0.05) is 0 Å². The van der Waals surface area contributed by atoms with E-state index in [2.05, 4.69) is 0 Å². The van der Waals surface area contributed by atoms with Crippen LogP contribution < -0.4 is 0 Å². The van der Waals surface area contributed by atoms with Crippen molar-refractivity contribution in [3.05, 3.63) is 0 Å². The van der Waals surface area contributed by atoms with Crippen molar-refractivity contribution in [3.63, 3.8) is 0 Å². The quantitative estimate of drug-likeness (QED) is 0.380. The molecule has 1 nitrogen and oxygen atoms in total. The third kappa shape index (κ3) is 40.1. The van der Waals surface area contributed by atoms with E-state index >= 15 is 0 Å². The predicted octanol–water partition coefficient (Wildman–Crippen LogP) is 1.95. The van der Waals surface area contributed by atoms with Crippen LogP contribution in [0, 0.1) is 151 Å². The molecule has 0 spiro atoms. The summed E-state index contributed by atoms with van der Waals surface area (Å²) in [5.74, 6) is 0. The molecule has 0 unspecified atom stereocenters. The molecule has 0 N–H and O–H groups in total. The van der Waals surface area contributed by atoms with Gasteiger partial charge in [0.2, 0.25) is 0 Å². The summed E-state index contributed by atoms with van der Waals surface area (Å²) in [6, 6.07) is 0. The van der Waals surface area contributed by atoms with Crippen LogP contribution in [0.3, 0.4) is 0 Å². The van der Waals surface area contributed by atoms with E-state index in [1.807, 2.05) is 0 Å². The van der Waals surface area contributed by atoms with E-state index in [4.69, 9.17) is 18.2 Å². The third-order valence-corrected chi connectivity index (χ3v) is 0. The van der Waals surface area contributed by atoms with Crippen LogP contribution in [0.1, 0.15) is 0 Å². The smallest absolute Gasteiger partial charge is 0 e. The second kappa shape index (κ2) is 23.2. The van der Waals surface area contributed by atoms with Gasteiger partial charge in [-0.15, -0.1) is 0 Å². The SMILES string of the molecule is [Cl][Pr]([Cl])[Cl].[Nd].[O]=[Nd].[Pr]. The van der Waals surface area contributed by atoms with Crippen molar-refractivity contribution in [1.82, 2.24) is 0 Å². The van der Waals surface area contributed by atoms with E-state index < -0.39 is 30.3 Å². The molecule has 0 aliphatic rings. The molecular weight excluding hydrogens is 693 g/mol. The number of halogens is 3. The molecule has 0 heterocycles. The van der Waals surface area contributed by atoms with Gasteiger partial charge in [0.25, 0.3) is 0 Å². The van der Waals surface area contributed by atoms with Gasteiger partial charge in [0.05, 0.1) is 0 Å². The Kier molecular flexibility index (Phi) is 68.7. The zero-order valence-corrected chi connectivity index (χ0v) is 19.8. The molecule has 0 saturated carbocycles. The van der Waals surface area contributed by atoms with E-state index in [1.54, 1.807) is 0 Å². The molecule has 0 bridgehead atoms. The fourth-order valence-corrected chi connectivity index (χ4v) is 0. The van der Waals surface area contributed by atoms with E-state index in [-0.39, 0.29) is 121 Å². The molecule has 8 heavy (non-hydrogen) atoms. The van der Waals surface area contributed by atoms with Crippen LogP contribution in [0.5, 0.6) is 0 Å². The van der Waals surface area contributed by atoms with E-state index in [0.717, 1.165) is 0 Å². The first-order valence-corrected chi connectivity index (χ1v) is 16.1. The van der Waals surface area contributed by atoms with Crippen molar-refractivity contribution in [2.45, 2.75) is 0 Å². The standard InChI is InChI=1S/3ClH.2Nd.O.2Pr/h3*1H;;;;;/q;;;;;;;+3/p-3. The Hall–Kier alpha value is 6.10. The molecule has 0 aromatic rings. The zero-order chi connectivity index (χ0) is 5.58. The van der Waals surface area contributed by atoms with Crippen LogP contribution in [0.2, 0.25) is 0 Å². The topological polar surface area (TPSA) is 17.1 Å². The Morgan fingerprint density at radius 2 is 1.12 bits per heavy atom. The first-order valence-electron chi connectivity index (χ1n) is 0.859. The maximum atomic E-state index is 8.39. The minimum atomic E-state index is -2.31. The predicted molar refractivity (Wildman–Crippen MR) is 18.2 cm³/mol. The van der Waals surface area contributed by atoms with E-state index in [0.29, 0.717) is 0 Å². The molecule has 8 heteroatoms. The fraction of sp³-hybridized carbons (Fsp3) is 0. The van der Waals surface area contributed by atoms with Crippen molar-refractivity contribution in [2.75, 3.05) is 0 Å². The average molecular weight is 693 g/mol. The Morgan fingerprint density at radius 3 is 1.12 bits per heavy atom. The van der Waals surface area contributed by atoms with Crippen LogP contribution in [0.15, 0.2) is 0 Å². The minimum absolute atomic E-state index is 0. The van der Waals surface area contributed by atoms with Crippen LogP contribution in [0.25, 0.3) is 0 Å². The van der Waals surface area contributed by atoms with Gasteiger partial charge in [0, 0.05) is 82.1 Å². The molecule has 0 aromatic carbocycles. The number of rotatable bonds is 0. The number of hydrogen-bond donors (Lipinski definition) is 0. The monoisotopic (exact) mass is 687 g/mol. The Bertz CT molecular complexity index is 26.5. The molecule has 0 atom stereocenters. The van der Waals surface area contributed by atoms with Gasteiger partial charge in [-0.3, -0.25) is 0 Å². The zero-order valence-electron chi connectivity index (χ0n) is 3.70. The maximum absolute atomic E-state index is 8.39. The maximum Gasteiger partial charge on any atom is 0 e. The third-order valence-electron chi connectivity index (χ3n) is 0. The second-order valence-electron chi connectivity index (χ2n) is 0.247. The van der Waals surface area contributed by atoms with E-state index in [9.17, 15) is 0 Å². The summed E-state index contributed by atoms with van der Waals surface area (Å²) in [4.78, 5) is 0. The van der Waals surface area contributed by atoms with Gasteiger partial charge in [-0.05, 0) is 0 Å². The summed E-state index contributed by atoms with van der Waals surface area (Å²) in [6.45, 7) is 0. The van der Waals surface area contributed by atoms with Gasteiger partial charge < -0.3 is 0 Å². The molecule has 0 rings (SSSR count). The molecule has 0 saturated heterocycles. The second-order valence-corrected chi connectivity index (χ2v) is 16.5. The summed E-state index contributed by atoms with van der Waals surface area (Å²) in [5, 5.41) is 0. The molecule has 0 amide bonds. The summed E-state index contributed by atoms with van der Waals surface area (Å²) in [6.07, 6.45) is 0. The van der Waals surface area contributed by atoms with Crippen molar-refractivity contribution in [3.8, 4) is 0 Å². The van der Waals surface area contributed by atoms with Crippen LogP contribution in [-0.4, -0.2) is 0 Å². The molecule has 0 aliphatic carbocycles. The summed E-state index contributed by atoms with van der Waals surface area (Å²) < 4.78 is 8.39. The van der Waals surface area contributed by atoms with Crippen molar-refractivity contribution in [2.24, 2.45) is 0 Å². The van der Waals surface area contributed by atoms with Gasteiger partial charge in [0.15, 0.2) is 0 Å². The average Bonchev–Trinajstić information content (AvgIpc) is 1.41. The molecule has 0 aliphatic heterocycles. The molecule has 0 fully saturated rings. The number of hydrogen-bond acceptors (Lipinski definition) is 1. The largest absolute Gasteiger partial charge is 0 e. The summed E-state index contributed by atoms with van der Waals surface area (Å²) >= 11 is -2.25. The Balaban J connectivity index is -0.0000000183. The van der Waals surface area contributed by atoms with Gasteiger partial charge in [-0.2, -0.15) is 0 Å². The van der Waals surface area contributed by atoms with Crippen molar-refractivity contribution in [1.29, 1.82) is 0 Å². The van der Waals surface area contributed by atoms with Gasteiger partial charge in [0.1, 0.15) is 0 Å².